The van der Waals surface area contributed by atoms with Crippen molar-refractivity contribution in [3.05, 3.63) is 65.7 Å². The van der Waals surface area contributed by atoms with Crippen molar-refractivity contribution in [3.63, 3.8) is 0 Å². The molecule has 1 amide bonds. The summed E-state index contributed by atoms with van der Waals surface area (Å²) in [6, 6.07) is 17.4. The number of methoxy groups -OCH3 is 1. The Morgan fingerprint density at radius 3 is 2.52 bits per heavy atom. The Morgan fingerprint density at radius 1 is 1.13 bits per heavy atom. The summed E-state index contributed by atoms with van der Waals surface area (Å²) in [7, 11) is 3.59. The van der Waals surface area contributed by atoms with Crippen LogP contribution in [-0.4, -0.2) is 42.7 Å². The number of anilines is 1. The predicted octanol–water partition coefficient (Wildman–Crippen LogP) is 5.25. The zero-order valence-corrected chi connectivity index (χ0v) is 19.0. The van der Waals surface area contributed by atoms with Gasteiger partial charge in [-0.3, -0.25) is 4.79 Å². The van der Waals surface area contributed by atoms with Crippen molar-refractivity contribution in [1.82, 2.24) is 10.1 Å². The molecule has 0 aliphatic carbocycles. The molecule has 0 unspecified atom stereocenters. The van der Waals surface area contributed by atoms with Crippen molar-refractivity contribution in [1.29, 1.82) is 0 Å². The van der Waals surface area contributed by atoms with Gasteiger partial charge >= 0.3 is 0 Å². The maximum absolute atomic E-state index is 13.4. The van der Waals surface area contributed by atoms with Gasteiger partial charge in [0.25, 0.3) is 5.91 Å². The first-order valence-electron chi connectivity index (χ1n) is 10.7. The first-order valence-corrected chi connectivity index (χ1v) is 10.7. The number of benzene rings is 2. The lowest BCUT2D eigenvalue weighted by Gasteiger charge is -2.26. The molecule has 0 saturated heterocycles. The van der Waals surface area contributed by atoms with Gasteiger partial charge in [0.15, 0.2) is 0 Å². The number of carbonyl (C=O) groups is 1. The molecule has 0 aliphatic rings. The topological polar surface area (TPSA) is 58.8 Å². The summed E-state index contributed by atoms with van der Waals surface area (Å²) in [5.74, 6) is 1.31. The molecule has 0 saturated carbocycles. The van der Waals surface area contributed by atoms with Gasteiger partial charge in [-0.05, 0) is 38.5 Å². The summed E-state index contributed by atoms with van der Waals surface area (Å²) in [6.45, 7) is 7.29. The third-order valence-corrected chi connectivity index (χ3v) is 5.36. The molecule has 6 heteroatoms. The second kappa shape index (κ2) is 10.2. The van der Waals surface area contributed by atoms with Crippen LogP contribution in [0.4, 0.5) is 5.88 Å². The Bertz CT molecular complexity index is 998. The van der Waals surface area contributed by atoms with Crippen molar-refractivity contribution in [2.75, 3.05) is 25.6 Å². The molecule has 6 nitrogen and oxygen atoms in total. The molecule has 1 heterocycles. The van der Waals surface area contributed by atoms with E-state index in [1.807, 2.05) is 60.5 Å². The molecule has 3 rings (SSSR count). The first kappa shape index (κ1) is 22.4. The number of carbonyl (C=O) groups excluding carboxylic acids is 1. The molecule has 2 aromatic carbocycles. The molecule has 0 atom stereocenters. The molecule has 0 N–H and O–H groups in total. The Balaban J connectivity index is 2.02. The maximum atomic E-state index is 13.4. The predicted molar refractivity (Wildman–Crippen MR) is 124 cm³/mol. The number of ether oxygens (including phenoxy) is 1. The van der Waals surface area contributed by atoms with E-state index >= 15 is 0 Å². The van der Waals surface area contributed by atoms with Gasteiger partial charge in [0, 0.05) is 30.8 Å². The molecule has 31 heavy (non-hydrogen) atoms. The largest absolute Gasteiger partial charge is 0.497 e. The van der Waals surface area contributed by atoms with E-state index in [1.54, 1.807) is 13.2 Å². The van der Waals surface area contributed by atoms with Crippen molar-refractivity contribution in [2.24, 2.45) is 0 Å². The average molecular weight is 422 g/mol. The fourth-order valence-corrected chi connectivity index (χ4v) is 3.43. The lowest BCUT2D eigenvalue weighted by Crippen LogP contribution is -2.33. The molecule has 0 radical (unpaired) electrons. The first-order chi connectivity index (χ1) is 15.0. The summed E-state index contributed by atoms with van der Waals surface area (Å²) < 4.78 is 11.1. The van der Waals surface area contributed by atoms with E-state index in [0.29, 0.717) is 30.3 Å². The highest BCUT2D eigenvalue weighted by Gasteiger charge is 2.26. The van der Waals surface area contributed by atoms with Crippen LogP contribution in [-0.2, 0) is 6.54 Å². The second-order valence-electron chi connectivity index (χ2n) is 7.84. The number of hydrogen-bond donors (Lipinski definition) is 0. The van der Waals surface area contributed by atoms with Gasteiger partial charge in [-0.15, -0.1) is 0 Å². The summed E-state index contributed by atoms with van der Waals surface area (Å²) in [6.07, 6.45) is 0.844. The fraction of sp³-hybridized carbons (Fsp3) is 0.360. The minimum Gasteiger partial charge on any atom is -0.497 e. The van der Waals surface area contributed by atoms with Gasteiger partial charge in [-0.25, -0.2) is 0 Å². The molecule has 1 aromatic heterocycles. The number of rotatable bonds is 9. The lowest BCUT2D eigenvalue weighted by molar-refractivity contribution is 0.0743. The Hall–Kier alpha value is -3.28. The van der Waals surface area contributed by atoms with E-state index in [-0.39, 0.29) is 11.9 Å². The minimum atomic E-state index is -0.0425. The number of amides is 1. The average Bonchev–Trinajstić information content (AvgIpc) is 3.21. The molecule has 0 bridgehead atoms. The van der Waals surface area contributed by atoms with Crippen LogP contribution in [0.3, 0.4) is 0 Å². The van der Waals surface area contributed by atoms with Crippen molar-refractivity contribution >= 4 is 11.8 Å². The molecule has 3 aromatic rings. The highest BCUT2D eigenvalue weighted by molar-refractivity contribution is 5.94. The van der Waals surface area contributed by atoms with E-state index in [1.165, 1.54) is 0 Å². The maximum Gasteiger partial charge on any atom is 0.254 e. The van der Waals surface area contributed by atoms with E-state index in [4.69, 9.17) is 9.26 Å². The van der Waals surface area contributed by atoms with E-state index < -0.39 is 0 Å². The summed E-state index contributed by atoms with van der Waals surface area (Å²) in [5, 5.41) is 4.39. The standard InChI is InChI=1S/C25H31N3O3/c1-6-15-28(24(29)20-13-10-14-21(16-20)30-5)17-22-23(19-11-8-7-9-12-19)26-31-25(22)27(4)18(2)3/h7-14,16,18H,6,15,17H2,1-5H3. The van der Waals surface area contributed by atoms with Crippen molar-refractivity contribution < 1.29 is 14.1 Å². The van der Waals surface area contributed by atoms with Crippen LogP contribution < -0.4 is 9.64 Å². The Morgan fingerprint density at radius 2 is 1.87 bits per heavy atom. The number of nitrogens with zero attached hydrogens (tertiary/aromatic N) is 3. The monoisotopic (exact) mass is 421 g/mol. The van der Waals surface area contributed by atoms with Gasteiger partial charge in [0.1, 0.15) is 11.4 Å². The summed E-state index contributed by atoms with van der Waals surface area (Å²) >= 11 is 0. The van der Waals surface area contributed by atoms with Crippen LogP contribution >= 0.6 is 0 Å². The lowest BCUT2D eigenvalue weighted by atomic mass is 10.1. The second-order valence-corrected chi connectivity index (χ2v) is 7.84. The molecule has 0 fully saturated rings. The number of aromatic nitrogens is 1. The van der Waals surface area contributed by atoms with E-state index in [9.17, 15) is 4.79 Å². The fourth-order valence-electron chi connectivity index (χ4n) is 3.43. The van der Waals surface area contributed by atoms with Crippen LogP contribution in [0.25, 0.3) is 11.3 Å². The quantitative estimate of drug-likeness (QED) is 0.472. The third-order valence-electron chi connectivity index (χ3n) is 5.36. The molecule has 0 spiro atoms. The summed E-state index contributed by atoms with van der Waals surface area (Å²) in [4.78, 5) is 17.3. The minimum absolute atomic E-state index is 0.0425. The highest BCUT2D eigenvalue weighted by atomic mass is 16.5. The van der Waals surface area contributed by atoms with Crippen LogP contribution in [0, 0.1) is 0 Å². The highest BCUT2D eigenvalue weighted by Crippen LogP contribution is 2.33. The summed E-state index contributed by atoms with van der Waals surface area (Å²) in [5.41, 5.74) is 3.24. The Labute approximate surface area is 184 Å². The Kier molecular flexibility index (Phi) is 7.34. The normalized spacial score (nSPS) is 10.9. The zero-order chi connectivity index (χ0) is 22.4. The van der Waals surface area contributed by atoms with Crippen molar-refractivity contribution in [2.45, 2.75) is 39.8 Å². The van der Waals surface area contributed by atoms with Crippen LogP contribution in [0.2, 0.25) is 0 Å². The van der Waals surface area contributed by atoms with Crippen LogP contribution in [0.1, 0.15) is 43.1 Å². The van der Waals surface area contributed by atoms with Gasteiger partial charge in [-0.1, -0.05) is 48.5 Å². The smallest absolute Gasteiger partial charge is 0.254 e. The molecular formula is C25H31N3O3. The van der Waals surface area contributed by atoms with Gasteiger partial charge < -0.3 is 19.1 Å². The van der Waals surface area contributed by atoms with E-state index in [0.717, 1.165) is 23.2 Å². The molecular weight excluding hydrogens is 390 g/mol. The van der Waals surface area contributed by atoms with E-state index in [2.05, 4.69) is 30.8 Å². The van der Waals surface area contributed by atoms with Crippen LogP contribution in [0.5, 0.6) is 5.75 Å². The molecule has 164 valence electrons. The van der Waals surface area contributed by atoms with Crippen LogP contribution in [0.15, 0.2) is 59.1 Å². The van der Waals surface area contributed by atoms with Gasteiger partial charge in [0.05, 0.1) is 19.2 Å². The van der Waals surface area contributed by atoms with Gasteiger partial charge in [-0.2, -0.15) is 0 Å². The third kappa shape index (κ3) is 5.08. The number of hydrogen-bond acceptors (Lipinski definition) is 5. The van der Waals surface area contributed by atoms with Gasteiger partial charge in [0.2, 0.25) is 5.88 Å². The molecule has 0 aliphatic heterocycles. The SMILES string of the molecule is CCCN(Cc1c(-c2ccccc2)noc1N(C)C(C)C)C(=O)c1cccc(OC)c1. The van der Waals surface area contributed by atoms with Crippen molar-refractivity contribution in [3.8, 4) is 17.0 Å². The zero-order valence-electron chi connectivity index (χ0n) is 19.0.